The third-order valence-corrected chi connectivity index (χ3v) is 5.52. The van der Waals surface area contributed by atoms with Crippen LogP contribution in [0.1, 0.15) is 24.0 Å². The number of ether oxygens (including phenoxy) is 3. The SMILES string of the molecule is COc1ccc(C)cc1NC(=O)C(=O)NCC1(c2ccccc2OC)CCOCC1. The number of nitrogens with one attached hydrogen (secondary N) is 2. The van der Waals surface area contributed by atoms with Crippen molar-refractivity contribution in [3.63, 3.8) is 0 Å². The highest BCUT2D eigenvalue weighted by molar-refractivity contribution is 6.39. The van der Waals surface area contributed by atoms with Crippen molar-refractivity contribution >= 4 is 17.5 Å². The molecule has 0 aromatic heterocycles. The minimum atomic E-state index is -0.735. The molecule has 2 amide bonds. The smallest absolute Gasteiger partial charge is 0.313 e. The van der Waals surface area contributed by atoms with E-state index in [-0.39, 0.29) is 5.41 Å². The van der Waals surface area contributed by atoms with Crippen molar-refractivity contribution in [3.05, 3.63) is 53.6 Å². The lowest BCUT2D eigenvalue weighted by Crippen LogP contribution is -2.47. The van der Waals surface area contributed by atoms with Crippen molar-refractivity contribution in [3.8, 4) is 11.5 Å². The Balaban J connectivity index is 1.73. The molecule has 1 aliphatic heterocycles. The first-order valence-corrected chi connectivity index (χ1v) is 9.94. The first kappa shape index (κ1) is 21.6. The van der Waals surface area contributed by atoms with E-state index in [1.165, 1.54) is 7.11 Å². The molecular formula is C23H28N2O5. The fourth-order valence-corrected chi connectivity index (χ4v) is 3.81. The van der Waals surface area contributed by atoms with Gasteiger partial charge in [-0.1, -0.05) is 24.3 Å². The van der Waals surface area contributed by atoms with Gasteiger partial charge in [0, 0.05) is 30.7 Å². The lowest BCUT2D eigenvalue weighted by atomic mass is 9.73. The molecule has 1 fully saturated rings. The van der Waals surface area contributed by atoms with Crippen LogP contribution in [0.25, 0.3) is 0 Å². The summed E-state index contributed by atoms with van der Waals surface area (Å²) in [6.07, 6.45) is 1.45. The lowest BCUT2D eigenvalue weighted by molar-refractivity contribution is -0.136. The maximum absolute atomic E-state index is 12.6. The van der Waals surface area contributed by atoms with E-state index in [2.05, 4.69) is 10.6 Å². The van der Waals surface area contributed by atoms with Crippen LogP contribution in [0.5, 0.6) is 11.5 Å². The molecule has 1 aliphatic rings. The second-order valence-electron chi connectivity index (χ2n) is 7.43. The predicted octanol–water partition coefficient (Wildman–Crippen LogP) is 2.82. The molecule has 7 nitrogen and oxygen atoms in total. The molecule has 160 valence electrons. The minimum Gasteiger partial charge on any atom is -0.496 e. The van der Waals surface area contributed by atoms with Gasteiger partial charge in [0.2, 0.25) is 0 Å². The van der Waals surface area contributed by atoms with E-state index in [1.54, 1.807) is 19.2 Å². The molecule has 0 unspecified atom stereocenters. The Hall–Kier alpha value is -3.06. The number of benzene rings is 2. The highest BCUT2D eigenvalue weighted by Gasteiger charge is 2.37. The van der Waals surface area contributed by atoms with E-state index in [0.717, 1.165) is 29.7 Å². The first-order chi connectivity index (χ1) is 14.5. The number of carbonyl (C=O) groups is 2. The quantitative estimate of drug-likeness (QED) is 0.713. The van der Waals surface area contributed by atoms with Crippen molar-refractivity contribution in [1.82, 2.24) is 5.32 Å². The average molecular weight is 412 g/mol. The molecule has 0 aliphatic carbocycles. The Morgan fingerprint density at radius 3 is 2.40 bits per heavy atom. The fraction of sp³-hybridized carbons (Fsp3) is 0.391. The largest absolute Gasteiger partial charge is 0.496 e. The van der Waals surface area contributed by atoms with Crippen LogP contribution in [-0.4, -0.2) is 45.8 Å². The van der Waals surface area contributed by atoms with Crippen LogP contribution in [-0.2, 0) is 19.7 Å². The molecule has 0 radical (unpaired) electrons. The Kier molecular flexibility index (Phi) is 6.95. The molecule has 2 aromatic rings. The zero-order valence-corrected chi connectivity index (χ0v) is 17.6. The molecule has 0 atom stereocenters. The van der Waals surface area contributed by atoms with Gasteiger partial charge in [0.05, 0.1) is 19.9 Å². The molecule has 0 bridgehead atoms. The molecular weight excluding hydrogens is 384 g/mol. The van der Waals surface area contributed by atoms with Crippen LogP contribution in [0, 0.1) is 6.92 Å². The minimum absolute atomic E-state index is 0.313. The number of anilines is 1. The summed E-state index contributed by atoms with van der Waals surface area (Å²) in [6.45, 7) is 3.38. The molecule has 0 saturated carbocycles. The van der Waals surface area contributed by atoms with Gasteiger partial charge in [0.1, 0.15) is 11.5 Å². The van der Waals surface area contributed by atoms with E-state index < -0.39 is 11.8 Å². The van der Waals surface area contributed by atoms with E-state index in [4.69, 9.17) is 14.2 Å². The summed E-state index contributed by atoms with van der Waals surface area (Å²) in [6, 6.07) is 13.2. The van der Waals surface area contributed by atoms with Crippen LogP contribution < -0.4 is 20.1 Å². The first-order valence-electron chi connectivity index (χ1n) is 9.94. The third kappa shape index (κ3) is 4.74. The van der Waals surface area contributed by atoms with Gasteiger partial charge in [-0.15, -0.1) is 0 Å². The lowest BCUT2D eigenvalue weighted by Gasteiger charge is -2.38. The topological polar surface area (TPSA) is 85.9 Å². The zero-order chi connectivity index (χ0) is 21.6. The van der Waals surface area contributed by atoms with Crippen molar-refractivity contribution < 1.29 is 23.8 Å². The highest BCUT2D eigenvalue weighted by Crippen LogP contribution is 2.39. The molecule has 7 heteroatoms. The Bertz CT molecular complexity index is 906. The fourth-order valence-electron chi connectivity index (χ4n) is 3.81. The highest BCUT2D eigenvalue weighted by atomic mass is 16.5. The van der Waals surface area contributed by atoms with E-state index in [9.17, 15) is 9.59 Å². The number of aryl methyl sites for hydroxylation is 1. The van der Waals surface area contributed by atoms with Crippen LogP contribution in [0.15, 0.2) is 42.5 Å². The molecule has 1 heterocycles. The zero-order valence-electron chi connectivity index (χ0n) is 17.6. The summed E-state index contributed by atoms with van der Waals surface area (Å²) < 4.78 is 16.4. The van der Waals surface area contributed by atoms with Gasteiger partial charge in [-0.05, 0) is 43.5 Å². The maximum atomic E-state index is 12.6. The number of carbonyl (C=O) groups excluding carboxylic acids is 2. The second kappa shape index (κ2) is 9.63. The standard InChI is InChI=1S/C23H28N2O5/c1-16-8-9-20(29-3)18(14-16)25-22(27)21(26)24-15-23(10-12-30-13-11-23)17-6-4-5-7-19(17)28-2/h4-9,14H,10-13,15H2,1-3H3,(H,24,26)(H,25,27). The molecule has 1 saturated heterocycles. The van der Waals surface area contributed by atoms with Crippen molar-refractivity contribution in [2.24, 2.45) is 0 Å². The van der Waals surface area contributed by atoms with Gasteiger partial charge in [0.25, 0.3) is 0 Å². The van der Waals surface area contributed by atoms with Gasteiger partial charge < -0.3 is 24.8 Å². The average Bonchev–Trinajstić information content (AvgIpc) is 2.78. The normalized spacial score (nSPS) is 15.2. The number of hydrogen-bond acceptors (Lipinski definition) is 5. The van der Waals surface area contributed by atoms with Crippen LogP contribution in [0.3, 0.4) is 0 Å². The van der Waals surface area contributed by atoms with Crippen molar-refractivity contribution in [2.45, 2.75) is 25.2 Å². The second-order valence-corrected chi connectivity index (χ2v) is 7.43. The van der Waals surface area contributed by atoms with Gasteiger partial charge in [-0.25, -0.2) is 0 Å². The van der Waals surface area contributed by atoms with Crippen molar-refractivity contribution in [2.75, 3.05) is 39.3 Å². The maximum Gasteiger partial charge on any atom is 0.313 e. The Labute approximate surface area is 176 Å². The number of methoxy groups -OCH3 is 2. The molecule has 2 N–H and O–H groups in total. The van der Waals surface area contributed by atoms with E-state index in [0.29, 0.717) is 31.2 Å². The van der Waals surface area contributed by atoms with Gasteiger partial charge >= 0.3 is 11.8 Å². The van der Waals surface area contributed by atoms with Crippen LogP contribution >= 0.6 is 0 Å². The Morgan fingerprint density at radius 2 is 1.70 bits per heavy atom. The summed E-state index contributed by atoms with van der Waals surface area (Å²) >= 11 is 0. The number of hydrogen-bond donors (Lipinski definition) is 2. The third-order valence-electron chi connectivity index (χ3n) is 5.52. The predicted molar refractivity (Wildman–Crippen MR) is 114 cm³/mol. The summed E-state index contributed by atoms with van der Waals surface area (Å²) in [5, 5.41) is 5.45. The monoisotopic (exact) mass is 412 g/mol. The van der Waals surface area contributed by atoms with Crippen molar-refractivity contribution in [1.29, 1.82) is 0 Å². The Morgan fingerprint density at radius 1 is 1.00 bits per heavy atom. The number of para-hydroxylation sites is 1. The number of amides is 2. The van der Waals surface area contributed by atoms with Crippen LogP contribution in [0.2, 0.25) is 0 Å². The van der Waals surface area contributed by atoms with Gasteiger partial charge in [-0.3, -0.25) is 9.59 Å². The summed E-state index contributed by atoms with van der Waals surface area (Å²) in [7, 11) is 3.15. The molecule has 3 rings (SSSR count). The van der Waals surface area contributed by atoms with E-state index >= 15 is 0 Å². The number of rotatable bonds is 6. The van der Waals surface area contributed by atoms with Gasteiger partial charge in [0.15, 0.2) is 0 Å². The molecule has 30 heavy (non-hydrogen) atoms. The molecule has 0 spiro atoms. The molecule has 2 aromatic carbocycles. The van der Waals surface area contributed by atoms with Gasteiger partial charge in [-0.2, -0.15) is 0 Å². The summed E-state index contributed by atoms with van der Waals surface area (Å²) in [5.41, 5.74) is 2.06. The summed E-state index contributed by atoms with van der Waals surface area (Å²) in [5.74, 6) is -0.167. The van der Waals surface area contributed by atoms with E-state index in [1.807, 2.05) is 37.3 Å². The summed E-state index contributed by atoms with van der Waals surface area (Å²) in [4.78, 5) is 25.1. The van der Waals surface area contributed by atoms with Crippen LogP contribution in [0.4, 0.5) is 5.69 Å².